The molecule has 5 nitrogen and oxygen atoms in total. The van der Waals surface area contributed by atoms with E-state index in [2.05, 4.69) is 55.6 Å². The highest BCUT2D eigenvalue weighted by Crippen LogP contribution is 2.16. The molecule has 0 saturated carbocycles. The van der Waals surface area contributed by atoms with E-state index in [1.165, 1.54) is 225 Å². The third-order valence-corrected chi connectivity index (χ3v) is 12.9. The minimum absolute atomic E-state index is 0.376. The maximum Gasteiger partial charge on any atom is 0.249 e. The van der Waals surface area contributed by atoms with Crippen LogP contribution in [0.15, 0.2) is 48.6 Å². The summed E-state index contributed by atoms with van der Waals surface area (Å²) < 4.78 is 0. The van der Waals surface area contributed by atoms with Gasteiger partial charge >= 0.3 is 0 Å². The number of amides is 1. The van der Waals surface area contributed by atoms with Crippen LogP contribution in [0.3, 0.4) is 0 Å². The van der Waals surface area contributed by atoms with Crippen molar-refractivity contribution in [1.29, 1.82) is 0 Å². The number of aliphatic hydroxyl groups excluding tert-OH is 3. The Labute approximate surface area is 393 Å². The third-order valence-electron chi connectivity index (χ3n) is 12.9. The summed E-state index contributed by atoms with van der Waals surface area (Å²) in [4.78, 5) is 12.5. The zero-order valence-corrected chi connectivity index (χ0v) is 42.2. The van der Waals surface area contributed by atoms with E-state index < -0.39 is 24.2 Å². The summed E-state index contributed by atoms with van der Waals surface area (Å²) in [6, 6.07) is -0.815. The van der Waals surface area contributed by atoms with Crippen molar-refractivity contribution in [1.82, 2.24) is 5.32 Å². The molecular formula is C58H109NO4. The van der Waals surface area contributed by atoms with Crippen LogP contribution in [0.1, 0.15) is 290 Å². The molecule has 0 aliphatic heterocycles. The van der Waals surface area contributed by atoms with Crippen molar-refractivity contribution in [2.24, 2.45) is 0 Å². The Kier molecular flexibility index (Phi) is 51.5. The third kappa shape index (κ3) is 48.1. The van der Waals surface area contributed by atoms with E-state index in [0.29, 0.717) is 6.42 Å². The maximum absolute atomic E-state index is 12.5. The molecule has 4 N–H and O–H groups in total. The fourth-order valence-electron chi connectivity index (χ4n) is 8.53. The fourth-order valence-corrected chi connectivity index (χ4v) is 8.53. The van der Waals surface area contributed by atoms with Gasteiger partial charge in [0.25, 0.3) is 0 Å². The average molecular weight is 885 g/mol. The number of hydrogen-bond donors (Lipinski definition) is 4. The molecule has 0 saturated heterocycles. The van der Waals surface area contributed by atoms with Crippen molar-refractivity contribution in [3.8, 4) is 0 Å². The molecule has 0 spiro atoms. The molecule has 0 radical (unpaired) electrons. The standard InChI is InChI=1S/C58H109NO4/c1-3-5-7-9-11-13-15-17-19-21-22-23-24-25-26-27-28-29-30-31-32-33-34-35-37-39-41-43-45-47-49-51-53-57(62)58(63)59-55(54-60)56(61)52-50-48-46-44-42-40-38-36-20-18-16-14-12-10-8-6-4-2/h22-23,25-26,42,44,50,52,55-57,60-62H,3-21,24,27-41,43,45-49,51,53-54H2,1-2H3,(H,59,63)/b23-22-,26-25-,44-42+,52-50+. The molecule has 5 heteroatoms. The van der Waals surface area contributed by atoms with Crippen molar-refractivity contribution in [2.45, 2.75) is 308 Å². The van der Waals surface area contributed by atoms with Gasteiger partial charge in [-0.25, -0.2) is 0 Å². The lowest BCUT2D eigenvalue weighted by atomic mass is 10.0. The van der Waals surface area contributed by atoms with Crippen molar-refractivity contribution in [2.75, 3.05) is 6.61 Å². The molecule has 0 fully saturated rings. The lowest BCUT2D eigenvalue weighted by Crippen LogP contribution is -2.48. The van der Waals surface area contributed by atoms with Crippen LogP contribution < -0.4 is 5.32 Å². The Morgan fingerprint density at radius 1 is 0.397 bits per heavy atom. The first-order valence-corrected chi connectivity index (χ1v) is 28.0. The van der Waals surface area contributed by atoms with Crippen LogP contribution in [0.4, 0.5) is 0 Å². The van der Waals surface area contributed by atoms with Gasteiger partial charge in [0.05, 0.1) is 18.8 Å². The van der Waals surface area contributed by atoms with Crippen LogP contribution in [0.5, 0.6) is 0 Å². The Morgan fingerprint density at radius 2 is 0.698 bits per heavy atom. The van der Waals surface area contributed by atoms with Gasteiger partial charge in [0.15, 0.2) is 0 Å². The molecule has 0 aliphatic rings. The molecule has 370 valence electrons. The zero-order valence-electron chi connectivity index (χ0n) is 42.2. The summed E-state index contributed by atoms with van der Waals surface area (Å²) >= 11 is 0. The highest BCUT2D eigenvalue weighted by Gasteiger charge is 2.22. The smallest absolute Gasteiger partial charge is 0.249 e. The lowest BCUT2D eigenvalue weighted by molar-refractivity contribution is -0.131. The first kappa shape index (κ1) is 61.3. The maximum atomic E-state index is 12.5. The van der Waals surface area contributed by atoms with Crippen LogP contribution in [-0.2, 0) is 4.79 Å². The van der Waals surface area contributed by atoms with Gasteiger partial charge < -0.3 is 20.6 Å². The Hall–Kier alpha value is -1.69. The van der Waals surface area contributed by atoms with Crippen molar-refractivity contribution in [3.05, 3.63) is 48.6 Å². The van der Waals surface area contributed by atoms with E-state index in [0.717, 1.165) is 44.9 Å². The normalized spacial score (nSPS) is 13.7. The molecule has 0 aromatic carbocycles. The zero-order chi connectivity index (χ0) is 45.8. The molecule has 1 amide bonds. The van der Waals surface area contributed by atoms with Gasteiger partial charge in [-0.15, -0.1) is 0 Å². The lowest BCUT2D eigenvalue weighted by Gasteiger charge is -2.21. The summed E-state index contributed by atoms with van der Waals surface area (Å²) in [7, 11) is 0. The van der Waals surface area contributed by atoms with E-state index in [1.54, 1.807) is 6.08 Å². The van der Waals surface area contributed by atoms with Crippen LogP contribution in [0, 0.1) is 0 Å². The summed E-state index contributed by atoms with van der Waals surface area (Å²) in [5.74, 6) is -0.511. The van der Waals surface area contributed by atoms with Gasteiger partial charge in [-0.1, -0.05) is 274 Å². The van der Waals surface area contributed by atoms with Crippen LogP contribution in [0.25, 0.3) is 0 Å². The molecule has 0 aliphatic carbocycles. The molecule has 3 unspecified atom stereocenters. The van der Waals surface area contributed by atoms with E-state index >= 15 is 0 Å². The average Bonchev–Trinajstić information content (AvgIpc) is 3.29. The number of rotatable bonds is 51. The Balaban J connectivity index is 3.57. The molecule has 0 heterocycles. The quantitative estimate of drug-likeness (QED) is 0.0362. The number of aliphatic hydroxyl groups is 3. The minimum Gasteiger partial charge on any atom is -0.394 e. The number of carbonyl (C=O) groups is 1. The highest BCUT2D eigenvalue weighted by molar-refractivity contribution is 5.80. The van der Waals surface area contributed by atoms with Gasteiger partial charge in [-0.05, 0) is 64.2 Å². The van der Waals surface area contributed by atoms with Crippen molar-refractivity contribution < 1.29 is 20.1 Å². The predicted molar refractivity (Wildman–Crippen MR) is 277 cm³/mol. The van der Waals surface area contributed by atoms with Crippen LogP contribution >= 0.6 is 0 Å². The topological polar surface area (TPSA) is 89.8 Å². The molecule has 0 aromatic rings. The van der Waals surface area contributed by atoms with E-state index in [4.69, 9.17) is 0 Å². The van der Waals surface area contributed by atoms with Gasteiger partial charge in [-0.2, -0.15) is 0 Å². The van der Waals surface area contributed by atoms with Gasteiger partial charge in [0.1, 0.15) is 6.10 Å². The number of carbonyl (C=O) groups excluding carboxylic acids is 1. The second-order valence-corrected chi connectivity index (χ2v) is 19.1. The summed E-state index contributed by atoms with van der Waals surface area (Å²) in [5.41, 5.74) is 0. The molecule has 0 aromatic heterocycles. The fraction of sp³-hybridized carbons (Fsp3) is 0.845. The van der Waals surface area contributed by atoms with Crippen LogP contribution in [-0.4, -0.2) is 46.1 Å². The summed E-state index contributed by atoms with van der Waals surface area (Å²) in [5, 5.41) is 33.3. The Bertz CT molecular complexity index is 1020. The SMILES string of the molecule is CCCCCCCCCCC/C=C\C/C=C\CCCCCCCCCCCCCCCCCCC(O)C(=O)NC(CO)C(O)/C=C/CC/C=C/CCCCCCCCCCCCC. The van der Waals surface area contributed by atoms with E-state index in [-0.39, 0.29) is 6.61 Å². The van der Waals surface area contributed by atoms with E-state index in [1.807, 2.05) is 6.08 Å². The minimum atomic E-state index is -1.11. The molecular weight excluding hydrogens is 775 g/mol. The summed E-state index contributed by atoms with van der Waals surface area (Å²) in [6.45, 7) is 4.19. The predicted octanol–water partition coefficient (Wildman–Crippen LogP) is 17.2. The first-order chi connectivity index (χ1) is 31.1. The van der Waals surface area contributed by atoms with Crippen molar-refractivity contribution in [3.63, 3.8) is 0 Å². The molecule has 3 atom stereocenters. The second kappa shape index (κ2) is 52.9. The molecule has 0 bridgehead atoms. The number of nitrogens with one attached hydrogen (secondary N) is 1. The van der Waals surface area contributed by atoms with Crippen molar-refractivity contribution >= 4 is 5.91 Å². The molecule has 63 heavy (non-hydrogen) atoms. The van der Waals surface area contributed by atoms with E-state index in [9.17, 15) is 20.1 Å². The van der Waals surface area contributed by atoms with Gasteiger partial charge in [0, 0.05) is 0 Å². The number of hydrogen-bond acceptors (Lipinski definition) is 4. The van der Waals surface area contributed by atoms with Crippen LogP contribution in [0.2, 0.25) is 0 Å². The number of allylic oxidation sites excluding steroid dienone is 7. The highest BCUT2D eigenvalue weighted by atomic mass is 16.3. The molecule has 0 rings (SSSR count). The monoisotopic (exact) mass is 884 g/mol. The van der Waals surface area contributed by atoms with Gasteiger partial charge in [-0.3, -0.25) is 4.79 Å². The van der Waals surface area contributed by atoms with Gasteiger partial charge in [0.2, 0.25) is 5.91 Å². The first-order valence-electron chi connectivity index (χ1n) is 28.0. The largest absolute Gasteiger partial charge is 0.394 e. The Morgan fingerprint density at radius 3 is 1.06 bits per heavy atom. The number of unbranched alkanes of at least 4 members (excludes halogenated alkanes) is 37. The second-order valence-electron chi connectivity index (χ2n) is 19.1. The summed E-state index contributed by atoms with van der Waals surface area (Å²) in [6.07, 6.45) is 70.5.